The van der Waals surface area contributed by atoms with E-state index >= 15 is 0 Å². The van der Waals surface area contributed by atoms with E-state index in [1.807, 2.05) is 6.92 Å². The van der Waals surface area contributed by atoms with Crippen molar-refractivity contribution in [3.05, 3.63) is 12.2 Å². The van der Waals surface area contributed by atoms with Gasteiger partial charge < -0.3 is 24.8 Å². The number of amides is 2. The number of carbonyl (C=O) groups is 3. The molecule has 0 aromatic carbocycles. The number of alkyl carbamates (subject to hydrolysis) is 2. The highest BCUT2D eigenvalue weighted by Crippen LogP contribution is 2.26. The number of carbonyl (C=O) groups excluding carboxylic acids is 3. The van der Waals surface area contributed by atoms with Crippen LogP contribution in [-0.2, 0) is 19.0 Å². The lowest BCUT2D eigenvalue weighted by Gasteiger charge is -2.28. The first-order valence-electron chi connectivity index (χ1n) is 10.1. The average molecular weight is 415 g/mol. The van der Waals surface area contributed by atoms with Gasteiger partial charge in [-0.15, -0.1) is 0 Å². The van der Waals surface area contributed by atoms with Crippen LogP contribution in [0.2, 0.25) is 0 Å². The molecule has 2 N–H and O–H groups in total. The minimum atomic E-state index is -0.557. The van der Waals surface area contributed by atoms with E-state index in [0.29, 0.717) is 31.2 Å². The molecular weight excluding hydrogens is 376 g/mol. The zero-order chi connectivity index (χ0) is 22.4. The fraction of sp³-hybridized carbons (Fsp3) is 0.762. The van der Waals surface area contributed by atoms with Gasteiger partial charge >= 0.3 is 18.2 Å². The first-order chi connectivity index (χ1) is 13.5. The Hall–Kier alpha value is -2.25. The summed E-state index contributed by atoms with van der Waals surface area (Å²) in [5, 5.41) is 5.50. The van der Waals surface area contributed by atoms with Gasteiger partial charge in [-0.3, -0.25) is 0 Å². The summed E-state index contributed by atoms with van der Waals surface area (Å²) in [5.41, 5.74) is 0.155. The van der Waals surface area contributed by atoms with Gasteiger partial charge in [-0.25, -0.2) is 14.4 Å². The molecule has 0 saturated heterocycles. The number of hydrogen-bond acceptors (Lipinski definition) is 6. The van der Waals surface area contributed by atoms with E-state index in [2.05, 4.69) is 38.0 Å². The summed E-state index contributed by atoms with van der Waals surface area (Å²) in [6.45, 7) is 16.3. The van der Waals surface area contributed by atoms with E-state index < -0.39 is 18.2 Å². The smallest absolute Gasteiger partial charge is 0.407 e. The summed E-state index contributed by atoms with van der Waals surface area (Å²) in [7, 11) is 0. The van der Waals surface area contributed by atoms with Crippen molar-refractivity contribution in [1.82, 2.24) is 10.6 Å². The van der Waals surface area contributed by atoms with Gasteiger partial charge in [-0.1, -0.05) is 34.3 Å². The van der Waals surface area contributed by atoms with E-state index in [1.165, 1.54) is 0 Å². The Balaban J connectivity index is 4.10. The van der Waals surface area contributed by atoms with E-state index in [-0.39, 0.29) is 18.1 Å². The maximum absolute atomic E-state index is 11.9. The molecule has 0 spiro atoms. The van der Waals surface area contributed by atoms with Gasteiger partial charge in [-0.05, 0) is 44.4 Å². The molecule has 0 radical (unpaired) electrons. The summed E-state index contributed by atoms with van der Waals surface area (Å²) in [6, 6.07) is 0. The van der Waals surface area contributed by atoms with E-state index in [0.717, 1.165) is 19.3 Å². The van der Waals surface area contributed by atoms with Gasteiger partial charge in [0.15, 0.2) is 0 Å². The lowest BCUT2D eigenvalue weighted by Crippen LogP contribution is -2.37. The molecule has 2 unspecified atom stereocenters. The molecule has 0 rings (SSSR count). The van der Waals surface area contributed by atoms with E-state index in [1.54, 1.807) is 13.8 Å². The standard InChI is InChI=1S/C21H38N2O6/c1-8-11-27-19(25)22-10-9-16(4)12-21(6,7)14-23-20(26)29-17(5)13-28-18(24)15(2)3/h16-17H,2,8-14H2,1,3-7H3,(H,22,25)(H,23,26). The molecule has 0 aliphatic rings. The zero-order valence-corrected chi connectivity index (χ0v) is 18.8. The maximum atomic E-state index is 11.9. The number of hydrogen-bond donors (Lipinski definition) is 2. The van der Waals surface area contributed by atoms with Crippen molar-refractivity contribution in [2.24, 2.45) is 11.3 Å². The molecule has 0 bridgehead atoms. The van der Waals surface area contributed by atoms with Crippen molar-refractivity contribution in [3.63, 3.8) is 0 Å². The van der Waals surface area contributed by atoms with Crippen LogP contribution in [0.15, 0.2) is 12.2 Å². The molecule has 0 aliphatic heterocycles. The third-order valence-corrected chi connectivity index (χ3v) is 4.06. The fourth-order valence-electron chi connectivity index (χ4n) is 2.67. The molecule has 29 heavy (non-hydrogen) atoms. The monoisotopic (exact) mass is 414 g/mol. The Morgan fingerprint density at radius 3 is 2.31 bits per heavy atom. The Kier molecular flexibility index (Phi) is 12.8. The van der Waals surface area contributed by atoms with Gasteiger partial charge in [0.1, 0.15) is 12.7 Å². The van der Waals surface area contributed by atoms with Crippen LogP contribution in [0.5, 0.6) is 0 Å². The molecular formula is C21H38N2O6. The number of nitrogens with one attached hydrogen (secondary N) is 2. The molecule has 0 aliphatic carbocycles. The summed E-state index contributed by atoms with van der Waals surface area (Å²) in [4.78, 5) is 34.7. The van der Waals surface area contributed by atoms with Crippen molar-refractivity contribution >= 4 is 18.2 Å². The molecule has 168 valence electrons. The van der Waals surface area contributed by atoms with Crippen LogP contribution < -0.4 is 10.6 Å². The van der Waals surface area contributed by atoms with Gasteiger partial charge in [-0.2, -0.15) is 0 Å². The summed E-state index contributed by atoms with van der Waals surface area (Å²) in [6.07, 6.45) is 0.992. The third kappa shape index (κ3) is 14.4. The first-order valence-corrected chi connectivity index (χ1v) is 10.1. The Morgan fingerprint density at radius 1 is 1.07 bits per heavy atom. The van der Waals surface area contributed by atoms with Gasteiger partial charge in [0.05, 0.1) is 6.61 Å². The molecule has 0 heterocycles. The zero-order valence-electron chi connectivity index (χ0n) is 18.8. The summed E-state index contributed by atoms with van der Waals surface area (Å²) < 4.78 is 15.1. The quantitative estimate of drug-likeness (QED) is 0.270. The minimum Gasteiger partial charge on any atom is -0.458 e. The average Bonchev–Trinajstić information content (AvgIpc) is 2.62. The lowest BCUT2D eigenvalue weighted by atomic mass is 9.82. The molecule has 2 amide bonds. The molecule has 0 fully saturated rings. The molecule has 0 aromatic heterocycles. The van der Waals surface area contributed by atoms with Crippen LogP contribution >= 0.6 is 0 Å². The van der Waals surface area contributed by atoms with Crippen LogP contribution in [0.3, 0.4) is 0 Å². The van der Waals surface area contributed by atoms with E-state index in [9.17, 15) is 14.4 Å². The van der Waals surface area contributed by atoms with Crippen molar-refractivity contribution in [3.8, 4) is 0 Å². The van der Waals surface area contributed by atoms with Crippen LogP contribution in [0.25, 0.3) is 0 Å². The van der Waals surface area contributed by atoms with Gasteiger partial charge in [0.2, 0.25) is 0 Å². The molecule has 8 heteroatoms. The lowest BCUT2D eigenvalue weighted by molar-refractivity contribution is -0.141. The SMILES string of the molecule is C=C(C)C(=O)OCC(C)OC(=O)NCC(C)(C)CC(C)CCNC(=O)OCCC. The van der Waals surface area contributed by atoms with Crippen molar-refractivity contribution < 1.29 is 28.6 Å². The molecule has 2 atom stereocenters. The Morgan fingerprint density at radius 2 is 1.72 bits per heavy atom. The highest BCUT2D eigenvalue weighted by atomic mass is 16.6. The molecule has 0 aromatic rings. The van der Waals surface area contributed by atoms with Crippen LogP contribution in [0.4, 0.5) is 9.59 Å². The highest BCUT2D eigenvalue weighted by molar-refractivity contribution is 5.86. The van der Waals surface area contributed by atoms with Gasteiger partial charge in [0, 0.05) is 18.7 Å². The fourth-order valence-corrected chi connectivity index (χ4v) is 2.67. The topological polar surface area (TPSA) is 103 Å². The van der Waals surface area contributed by atoms with Crippen LogP contribution in [-0.4, -0.2) is 50.6 Å². The number of ether oxygens (including phenoxy) is 3. The van der Waals surface area contributed by atoms with E-state index in [4.69, 9.17) is 14.2 Å². The second kappa shape index (κ2) is 13.8. The Labute approximate surface area is 174 Å². The molecule has 0 saturated carbocycles. The number of rotatable bonds is 13. The van der Waals surface area contributed by atoms with Crippen LogP contribution in [0.1, 0.15) is 60.8 Å². The maximum Gasteiger partial charge on any atom is 0.407 e. The highest BCUT2D eigenvalue weighted by Gasteiger charge is 2.23. The minimum absolute atomic E-state index is 0.0206. The second-order valence-electron chi connectivity index (χ2n) is 8.27. The van der Waals surface area contributed by atoms with Crippen molar-refractivity contribution in [2.75, 3.05) is 26.3 Å². The first kappa shape index (κ1) is 26.8. The molecule has 8 nitrogen and oxygen atoms in total. The van der Waals surface area contributed by atoms with Crippen LogP contribution in [0, 0.1) is 11.3 Å². The number of esters is 1. The Bertz CT molecular complexity index is 547. The predicted octanol–water partition coefficient (Wildman–Crippen LogP) is 3.80. The van der Waals surface area contributed by atoms with Crippen molar-refractivity contribution in [1.29, 1.82) is 0 Å². The van der Waals surface area contributed by atoms with Crippen molar-refractivity contribution in [2.45, 2.75) is 66.9 Å². The summed E-state index contributed by atoms with van der Waals surface area (Å²) in [5.74, 6) is -0.154. The summed E-state index contributed by atoms with van der Waals surface area (Å²) >= 11 is 0. The largest absolute Gasteiger partial charge is 0.458 e. The second-order valence-corrected chi connectivity index (χ2v) is 8.27. The van der Waals surface area contributed by atoms with Gasteiger partial charge in [0.25, 0.3) is 0 Å². The third-order valence-electron chi connectivity index (χ3n) is 4.06. The predicted molar refractivity (Wildman–Crippen MR) is 112 cm³/mol. The normalized spacial score (nSPS) is 13.0.